The fraction of sp³-hybridized carbons (Fsp3) is 0.571. The first-order valence-electron chi connectivity index (χ1n) is 10.7. The van der Waals surface area contributed by atoms with Gasteiger partial charge in [0.2, 0.25) is 0 Å². The lowest BCUT2D eigenvalue weighted by Gasteiger charge is -2.26. The third-order valence-electron chi connectivity index (χ3n) is 4.96. The van der Waals surface area contributed by atoms with E-state index in [0.717, 1.165) is 54.9 Å². The molecule has 0 aromatic carbocycles. The average Bonchev–Trinajstić information content (AvgIpc) is 3.42. The van der Waals surface area contributed by atoms with Crippen molar-refractivity contribution in [3.8, 4) is 5.82 Å². The highest BCUT2D eigenvalue weighted by Crippen LogP contribution is 2.40. The van der Waals surface area contributed by atoms with Crippen LogP contribution in [0.25, 0.3) is 16.9 Å². The Bertz CT molecular complexity index is 872. The summed E-state index contributed by atoms with van der Waals surface area (Å²) >= 11 is 0. The van der Waals surface area contributed by atoms with Gasteiger partial charge in [-0.15, -0.1) is 0 Å². The molecule has 0 amide bonds. The van der Waals surface area contributed by atoms with Crippen LogP contribution < -0.4 is 5.32 Å². The van der Waals surface area contributed by atoms with E-state index in [2.05, 4.69) is 25.6 Å². The summed E-state index contributed by atoms with van der Waals surface area (Å²) in [4.78, 5) is 4.44. The number of aromatic amines is 1. The fourth-order valence-corrected chi connectivity index (χ4v) is 3.62. The van der Waals surface area contributed by atoms with Gasteiger partial charge in [-0.2, -0.15) is 14.9 Å². The van der Waals surface area contributed by atoms with Crippen molar-refractivity contribution in [2.45, 2.75) is 51.6 Å². The predicted molar refractivity (Wildman–Crippen MR) is 123 cm³/mol. The number of hydrogen-bond donors (Lipinski definition) is 3. The molecule has 0 radical (unpaired) electrons. The van der Waals surface area contributed by atoms with E-state index in [0.29, 0.717) is 12.8 Å². The van der Waals surface area contributed by atoms with Crippen LogP contribution in [0.5, 0.6) is 0 Å². The summed E-state index contributed by atoms with van der Waals surface area (Å²) in [7, 11) is 1.65. The molecule has 4 rings (SSSR count). The van der Waals surface area contributed by atoms with Crippen molar-refractivity contribution < 1.29 is 13.9 Å². The number of hydrogen-bond acceptors (Lipinski definition) is 5. The number of likely N-dealkylation sites (N-methyl/N-ethyl adjacent to an activating group) is 1. The Labute approximate surface area is 184 Å². The third-order valence-corrected chi connectivity index (χ3v) is 5.43. The minimum absolute atomic E-state index is 0.244. The molecule has 1 aliphatic rings. The molecule has 0 spiro atoms. The number of nitrogens with one attached hydrogen (secondary N) is 2. The minimum atomic E-state index is -2.51. The van der Waals surface area contributed by atoms with E-state index in [1.54, 1.807) is 26.3 Å². The molecule has 3 aromatic rings. The first-order valence-corrected chi connectivity index (χ1v) is 11.2. The van der Waals surface area contributed by atoms with Crippen molar-refractivity contribution in [3.05, 3.63) is 36.3 Å². The van der Waals surface area contributed by atoms with Crippen molar-refractivity contribution in [3.63, 3.8) is 0 Å². The van der Waals surface area contributed by atoms with E-state index in [9.17, 15) is 8.78 Å². The van der Waals surface area contributed by atoms with Crippen molar-refractivity contribution in [1.29, 1.82) is 0 Å². The second-order valence-electron chi connectivity index (χ2n) is 7.45. The van der Waals surface area contributed by atoms with Crippen LogP contribution in [-0.4, -0.2) is 55.4 Å². The number of aromatic nitrogens is 5. The van der Waals surface area contributed by atoms with Crippen LogP contribution in [0.2, 0.25) is 0 Å². The smallest absolute Gasteiger partial charge is 0.261 e. The number of pyridine rings is 1. The summed E-state index contributed by atoms with van der Waals surface area (Å²) in [5.74, 6) is 0.453. The summed E-state index contributed by atoms with van der Waals surface area (Å²) in [5, 5.41) is 23.1. The fourth-order valence-electron chi connectivity index (χ4n) is 3.28. The summed E-state index contributed by atoms with van der Waals surface area (Å²) in [6.45, 7) is 5.88. The van der Waals surface area contributed by atoms with Gasteiger partial charge in [0.1, 0.15) is 0 Å². The maximum absolute atomic E-state index is 12.6. The predicted octanol–water partition coefficient (Wildman–Crippen LogP) is 4.07. The Morgan fingerprint density at radius 2 is 2.00 bits per heavy atom. The van der Waals surface area contributed by atoms with Gasteiger partial charge in [-0.1, -0.05) is 35.4 Å². The van der Waals surface area contributed by atoms with E-state index in [1.807, 2.05) is 32.0 Å². The van der Waals surface area contributed by atoms with Gasteiger partial charge < -0.3 is 10.4 Å². The van der Waals surface area contributed by atoms with Gasteiger partial charge in [0.15, 0.2) is 11.5 Å². The number of aliphatic hydroxyl groups is 1. The van der Waals surface area contributed by atoms with Crippen molar-refractivity contribution in [2.24, 2.45) is 5.92 Å². The summed E-state index contributed by atoms with van der Waals surface area (Å²) < 4.78 is 26.9. The van der Waals surface area contributed by atoms with Crippen molar-refractivity contribution in [2.75, 3.05) is 19.7 Å². The molecule has 1 aliphatic carbocycles. The van der Waals surface area contributed by atoms with Gasteiger partial charge >= 0.3 is 0 Å². The molecule has 172 valence electrons. The van der Waals surface area contributed by atoms with Crippen LogP contribution in [0.4, 0.5) is 8.78 Å². The quantitative estimate of drug-likeness (QED) is 0.399. The van der Waals surface area contributed by atoms with E-state index < -0.39 is 5.66 Å². The lowest BCUT2D eigenvalue weighted by Crippen LogP contribution is -2.23. The van der Waals surface area contributed by atoms with Gasteiger partial charge in [0.05, 0.1) is 19.0 Å². The molecule has 0 saturated heterocycles. The first-order chi connectivity index (χ1) is 14.9. The molecule has 0 bridgehead atoms. The van der Waals surface area contributed by atoms with Gasteiger partial charge in [-0.3, -0.25) is 5.10 Å². The van der Waals surface area contributed by atoms with Crippen LogP contribution in [0.15, 0.2) is 30.6 Å². The number of aryl methyl sites for hydroxylation is 1. The number of halogens is 2. The number of nitrogens with zero attached hydrogens (tertiary/aromatic N) is 4. The maximum Gasteiger partial charge on any atom is 0.261 e. The molecule has 31 heavy (non-hydrogen) atoms. The lowest BCUT2D eigenvalue weighted by molar-refractivity contribution is 0.0183. The number of H-pyrrole nitrogens is 1. The highest BCUT2D eigenvalue weighted by atomic mass is 31.0. The summed E-state index contributed by atoms with van der Waals surface area (Å²) in [5.41, 5.74) is -0.691. The topological polar surface area (TPSA) is 91.6 Å². The number of alkyl halides is 2. The molecule has 1 unspecified atom stereocenters. The van der Waals surface area contributed by atoms with Crippen LogP contribution in [0, 0.1) is 12.8 Å². The number of fused-ring (bicyclic) bond motifs is 1. The van der Waals surface area contributed by atoms with Crippen LogP contribution in [-0.2, 0) is 0 Å². The Hall–Kier alpha value is -1.96. The van der Waals surface area contributed by atoms with Gasteiger partial charge in [-0.25, -0.2) is 13.8 Å². The molecule has 0 aliphatic heterocycles. The second-order valence-corrected chi connectivity index (χ2v) is 8.22. The van der Waals surface area contributed by atoms with E-state index >= 15 is 0 Å². The van der Waals surface area contributed by atoms with Gasteiger partial charge in [0, 0.05) is 29.6 Å². The van der Waals surface area contributed by atoms with E-state index in [4.69, 9.17) is 5.11 Å². The summed E-state index contributed by atoms with van der Waals surface area (Å²) in [6, 6.07) is 5.84. The number of aliphatic hydroxyl groups excluding tert-OH is 1. The van der Waals surface area contributed by atoms with Crippen LogP contribution in [0.1, 0.15) is 44.7 Å². The molecular weight excluding hydrogens is 421 g/mol. The Kier molecular flexibility index (Phi) is 10.4. The monoisotopic (exact) mass is 454 g/mol. The van der Waals surface area contributed by atoms with Crippen LogP contribution in [0.3, 0.4) is 0 Å². The third kappa shape index (κ3) is 8.24. The van der Waals surface area contributed by atoms with Crippen molar-refractivity contribution >= 4 is 20.3 Å². The minimum Gasteiger partial charge on any atom is -0.395 e. The molecule has 3 N–H and O–H groups in total. The highest BCUT2D eigenvalue weighted by Gasteiger charge is 2.34. The SMILES string of the molecule is CCNCCO.Cc1ccc2cnn(-c3ccn[nH]3)c2n1.FC(F)(P)C1CCCCC1. The Balaban J connectivity index is 0.000000185. The Morgan fingerprint density at radius 1 is 1.26 bits per heavy atom. The molecule has 10 heteroatoms. The standard InChI is InChI=1S/C10H9N5.C7H13F2P.C4H11NO/c1-7-2-3-8-6-12-15(10(8)13-7)9-4-5-11-14-9;8-7(9,10)6-4-2-1-3-5-6;1-2-5-3-4-6/h2-6H,1H3,(H,11,14);6H,1-5,10H2;5-6H,2-4H2,1H3. The molecule has 7 nitrogen and oxygen atoms in total. The zero-order valence-corrected chi connectivity index (χ0v) is 19.3. The molecule has 3 heterocycles. The Morgan fingerprint density at radius 3 is 2.52 bits per heavy atom. The van der Waals surface area contributed by atoms with Gasteiger partial charge in [0.25, 0.3) is 5.66 Å². The maximum atomic E-state index is 12.6. The second kappa shape index (κ2) is 12.8. The molecule has 3 aromatic heterocycles. The molecule has 1 atom stereocenters. The van der Waals surface area contributed by atoms with Crippen LogP contribution >= 0.6 is 9.24 Å². The van der Waals surface area contributed by atoms with E-state index in [-0.39, 0.29) is 12.5 Å². The lowest BCUT2D eigenvalue weighted by atomic mass is 9.89. The highest BCUT2D eigenvalue weighted by molar-refractivity contribution is 7.18. The largest absolute Gasteiger partial charge is 0.395 e. The molecule has 1 fully saturated rings. The molecule has 1 saturated carbocycles. The van der Waals surface area contributed by atoms with Gasteiger partial charge in [-0.05, 0) is 38.4 Å². The molecular formula is C21H33F2N6OP. The summed E-state index contributed by atoms with van der Waals surface area (Å²) in [6.07, 6.45) is 7.99. The number of rotatable bonds is 5. The first kappa shape index (κ1) is 25.3. The van der Waals surface area contributed by atoms with E-state index in [1.165, 1.54) is 0 Å². The zero-order chi connectivity index (χ0) is 22.7. The van der Waals surface area contributed by atoms with Crippen molar-refractivity contribution in [1.82, 2.24) is 30.3 Å². The zero-order valence-electron chi connectivity index (χ0n) is 18.2. The normalized spacial score (nSPS) is 14.5. The average molecular weight is 455 g/mol.